The Morgan fingerprint density at radius 3 is 2.48 bits per heavy atom. The Morgan fingerprint density at radius 2 is 1.77 bits per heavy atom. The topological polar surface area (TPSA) is 26.3 Å². The van der Waals surface area contributed by atoms with Crippen molar-refractivity contribution >= 4 is 5.97 Å². The minimum absolute atomic E-state index is 0.156. The molecule has 0 saturated heterocycles. The monoisotopic (exact) mass is 428 g/mol. The van der Waals surface area contributed by atoms with Crippen LogP contribution in [0.5, 0.6) is 0 Å². The molecule has 3 saturated carbocycles. The summed E-state index contributed by atoms with van der Waals surface area (Å²) in [7, 11) is 0. The molecule has 3 fully saturated rings. The predicted octanol–water partition coefficient (Wildman–Crippen LogP) is 8.16. The van der Waals surface area contributed by atoms with Gasteiger partial charge in [0.15, 0.2) is 0 Å². The molecule has 0 aromatic rings. The summed E-state index contributed by atoms with van der Waals surface area (Å²) in [6, 6.07) is 0. The Kier molecular flexibility index (Phi) is 6.68. The van der Waals surface area contributed by atoms with Crippen LogP contribution in [0.25, 0.3) is 0 Å². The minimum Gasteiger partial charge on any atom is -0.432 e. The molecule has 1 unspecified atom stereocenters. The number of rotatable bonds is 6. The van der Waals surface area contributed by atoms with Crippen LogP contribution in [0.1, 0.15) is 112 Å². The molecule has 0 heterocycles. The molecule has 0 aromatic carbocycles. The first kappa shape index (κ1) is 23.4. The highest BCUT2D eigenvalue weighted by atomic mass is 16.5. The Bertz CT molecular complexity index is 693. The van der Waals surface area contributed by atoms with E-state index in [1.165, 1.54) is 64.7 Å². The van der Waals surface area contributed by atoms with Crippen molar-refractivity contribution in [2.24, 2.45) is 52.3 Å². The maximum absolute atomic E-state index is 11.5. The molecule has 0 aromatic heterocycles. The van der Waals surface area contributed by atoms with E-state index in [0.717, 1.165) is 54.1 Å². The van der Waals surface area contributed by atoms with Gasteiger partial charge in [0.25, 0.3) is 0 Å². The van der Waals surface area contributed by atoms with Crippen molar-refractivity contribution < 1.29 is 9.53 Å². The summed E-state index contributed by atoms with van der Waals surface area (Å²) in [6.45, 7) is 14.1. The van der Waals surface area contributed by atoms with E-state index < -0.39 is 0 Å². The van der Waals surface area contributed by atoms with Crippen LogP contribution < -0.4 is 0 Å². The number of fused-ring (bicyclic) bond motifs is 5. The molecular formula is C29H48O2. The summed E-state index contributed by atoms with van der Waals surface area (Å²) in [4.78, 5) is 11.5. The lowest BCUT2D eigenvalue weighted by Gasteiger charge is -2.60. The van der Waals surface area contributed by atoms with Gasteiger partial charge in [-0.25, -0.2) is 0 Å². The molecule has 0 bridgehead atoms. The van der Waals surface area contributed by atoms with Crippen molar-refractivity contribution in [1.82, 2.24) is 0 Å². The molecule has 2 nitrogen and oxygen atoms in total. The normalized spacial score (nSPS) is 42.9. The third kappa shape index (κ3) is 4.26. The summed E-state index contributed by atoms with van der Waals surface area (Å²) in [5.74, 6) is 6.91. The Balaban J connectivity index is 1.46. The fraction of sp³-hybridized carbons (Fsp3) is 0.897. The summed E-state index contributed by atoms with van der Waals surface area (Å²) < 4.78 is 5.52. The SMILES string of the molecule is CC(=O)OC1=CC[C@@]2(C)C(CC[C@H]3[C@@H]4CC[C@H]([C@H](C)CCCC(C)C)[C@@]4(C)CC[C@@H]32)C1. The lowest BCUT2D eigenvalue weighted by Crippen LogP contribution is -2.52. The highest BCUT2D eigenvalue weighted by molar-refractivity contribution is 5.67. The molecule has 0 radical (unpaired) electrons. The third-order valence-corrected chi connectivity index (χ3v) is 10.8. The predicted molar refractivity (Wildman–Crippen MR) is 128 cm³/mol. The summed E-state index contributed by atoms with van der Waals surface area (Å²) in [5.41, 5.74) is 0.990. The molecular weight excluding hydrogens is 380 g/mol. The zero-order valence-electron chi connectivity index (χ0n) is 21.2. The fourth-order valence-corrected chi connectivity index (χ4v) is 9.14. The van der Waals surface area contributed by atoms with Crippen LogP contribution >= 0.6 is 0 Å². The second kappa shape index (κ2) is 8.86. The lowest BCUT2D eigenvalue weighted by atomic mass is 9.45. The Morgan fingerprint density at radius 1 is 1.03 bits per heavy atom. The number of hydrogen-bond donors (Lipinski definition) is 0. The van der Waals surface area contributed by atoms with Gasteiger partial charge in [-0.15, -0.1) is 0 Å². The number of hydrogen-bond acceptors (Lipinski definition) is 2. The van der Waals surface area contributed by atoms with Crippen LogP contribution in [-0.2, 0) is 9.53 Å². The molecule has 0 spiro atoms. The van der Waals surface area contributed by atoms with Crippen LogP contribution in [0.3, 0.4) is 0 Å². The summed E-state index contributed by atoms with van der Waals surface area (Å²) >= 11 is 0. The van der Waals surface area contributed by atoms with E-state index in [2.05, 4.69) is 40.7 Å². The van der Waals surface area contributed by atoms with Gasteiger partial charge < -0.3 is 4.74 Å². The van der Waals surface area contributed by atoms with E-state index in [-0.39, 0.29) is 5.97 Å². The quantitative estimate of drug-likeness (QED) is 0.399. The number of ether oxygens (including phenoxy) is 1. The Hall–Kier alpha value is -0.790. The third-order valence-electron chi connectivity index (χ3n) is 10.8. The van der Waals surface area contributed by atoms with Gasteiger partial charge in [0.05, 0.1) is 0 Å². The van der Waals surface area contributed by atoms with Crippen LogP contribution in [0, 0.1) is 52.3 Å². The lowest BCUT2D eigenvalue weighted by molar-refractivity contribution is -0.139. The van der Waals surface area contributed by atoms with Crippen molar-refractivity contribution in [3.8, 4) is 0 Å². The van der Waals surface area contributed by atoms with E-state index in [1.54, 1.807) is 0 Å². The van der Waals surface area contributed by atoms with E-state index in [0.29, 0.717) is 16.7 Å². The molecule has 2 heteroatoms. The van der Waals surface area contributed by atoms with E-state index in [1.807, 2.05) is 0 Å². The van der Waals surface area contributed by atoms with Crippen molar-refractivity contribution in [1.29, 1.82) is 0 Å². The number of carbonyl (C=O) groups excluding carboxylic acids is 1. The van der Waals surface area contributed by atoms with Gasteiger partial charge in [-0.3, -0.25) is 4.79 Å². The molecule has 31 heavy (non-hydrogen) atoms. The zero-order chi connectivity index (χ0) is 22.4. The summed E-state index contributed by atoms with van der Waals surface area (Å²) in [5, 5.41) is 0. The molecule has 4 aliphatic rings. The highest BCUT2D eigenvalue weighted by Crippen LogP contribution is 2.68. The fourth-order valence-electron chi connectivity index (χ4n) is 9.14. The van der Waals surface area contributed by atoms with Gasteiger partial charge in [0, 0.05) is 13.3 Å². The van der Waals surface area contributed by atoms with Gasteiger partial charge in [0.2, 0.25) is 0 Å². The van der Waals surface area contributed by atoms with E-state index in [9.17, 15) is 4.79 Å². The van der Waals surface area contributed by atoms with Crippen LogP contribution in [0.2, 0.25) is 0 Å². The Labute approximate surface area is 192 Å². The van der Waals surface area contributed by atoms with Crippen molar-refractivity contribution in [3.63, 3.8) is 0 Å². The second-order valence-electron chi connectivity index (χ2n) is 12.9. The highest BCUT2D eigenvalue weighted by Gasteiger charge is 2.60. The standard InChI is InChI=1S/C29H48O2/c1-19(2)8-7-9-20(3)25-12-13-26-24-11-10-22-18-23(31-21(4)30)14-16-28(22,5)27(24)15-17-29(25,26)6/h14,19-20,22,24-27H,7-13,15-18H2,1-6H3/t20-,22?,24+,25-,26+,27+,28+,29-/m1/s1. The number of esters is 1. The van der Waals surface area contributed by atoms with E-state index >= 15 is 0 Å². The smallest absolute Gasteiger partial charge is 0.307 e. The first-order chi connectivity index (χ1) is 14.6. The van der Waals surface area contributed by atoms with Crippen molar-refractivity contribution in [2.75, 3.05) is 0 Å². The molecule has 8 atom stereocenters. The summed E-state index contributed by atoms with van der Waals surface area (Å²) in [6.07, 6.45) is 17.2. The van der Waals surface area contributed by atoms with Crippen LogP contribution in [0.15, 0.2) is 11.8 Å². The first-order valence-corrected chi connectivity index (χ1v) is 13.5. The van der Waals surface area contributed by atoms with Crippen molar-refractivity contribution in [2.45, 2.75) is 112 Å². The zero-order valence-corrected chi connectivity index (χ0v) is 21.2. The van der Waals surface area contributed by atoms with Gasteiger partial charge in [0.1, 0.15) is 5.76 Å². The van der Waals surface area contributed by atoms with Crippen LogP contribution in [-0.4, -0.2) is 5.97 Å². The molecule has 4 aliphatic carbocycles. The van der Waals surface area contributed by atoms with E-state index in [4.69, 9.17) is 4.74 Å². The molecule has 0 amide bonds. The average Bonchev–Trinajstić information content (AvgIpc) is 3.05. The second-order valence-corrected chi connectivity index (χ2v) is 12.9. The van der Waals surface area contributed by atoms with Gasteiger partial charge in [-0.1, -0.05) is 53.9 Å². The van der Waals surface area contributed by atoms with Gasteiger partial charge in [-0.2, -0.15) is 0 Å². The van der Waals surface area contributed by atoms with Crippen LogP contribution in [0.4, 0.5) is 0 Å². The van der Waals surface area contributed by atoms with Gasteiger partial charge >= 0.3 is 5.97 Å². The number of carbonyl (C=O) groups is 1. The largest absolute Gasteiger partial charge is 0.432 e. The maximum atomic E-state index is 11.5. The molecule has 0 aliphatic heterocycles. The van der Waals surface area contributed by atoms with Gasteiger partial charge in [-0.05, 0) is 103 Å². The maximum Gasteiger partial charge on any atom is 0.307 e. The molecule has 0 N–H and O–H groups in total. The molecule has 4 rings (SSSR count). The average molecular weight is 429 g/mol. The minimum atomic E-state index is -0.156. The first-order valence-electron chi connectivity index (χ1n) is 13.5. The number of allylic oxidation sites excluding steroid dienone is 2. The molecule has 176 valence electrons. The van der Waals surface area contributed by atoms with Crippen molar-refractivity contribution in [3.05, 3.63) is 11.8 Å².